The molecule has 1 aliphatic rings. The molecule has 0 amide bonds. The summed E-state index contributed by atoms with van der Waals surface area (Å²) in [7, 11) is -3.05. The van der Waals surface area contributed by atoms with E-state index in [0.29, 0.717) is 18.3 Å². The van der Waals surface area contributed by atoms with E-state index >= 15 is 0 Å². The first-order valence-corrected chi connectivity index (χ1v) is 8.78. The average molecular weight is 376 g/mol. The number of fused-ring (bicyclic) bond motifs is 1. The second-order valence-corrected chi connectivity index (χ2v) is 7.43. The molecule has 136 valence electrons. The SMILES string of the molecule is COc1cc(C(F)(F)F)cc(S(=O)(=O)NC2CC(C)n3ncnc32)c1. The summed E-state index contributed by atoms with van der Waals surface area (Å²) in [5.74, 6) is 0.230. The predicted octanol–water partition coefficient (Wildman–Crippen LogP) is 2.29. The number of benzene rings is 1. The van der Waals surface area contributed by atoms with Crippen molar-refractivity contribution >= 4 is 10.0 Å². The van der Waals surface area contributed by atoms with Crippen molar-refractivity contribution in [3.63, 3.8) is 0 Å². The zero-order chi connectivity index (χ0) is 18.4. The van der Waals surface area contributed by atoms with E-state index in [0.717, 1.165) is 12.1 Å². The van der Waals surface area contributed by atoms with Gasteiger partial charge < -0.3 is 4.74 Å². The number of aromatic nitrogens is 3. The Morgan fingerprint density at radius 3 is 2.68 bits per heavy atom. The minimum absolute atomic E-state index is 0.0683. The van der Waals surface area contributed by atoms with Crippen molar-refractivity contribution in [1.82, 2.24) is 19.5 Å². The van der Waals surface area contributed by atoms with Crippen LogP contribution in [-0.4, -0.2) is 30.3 Å². The van der Waals surface area contributed by atoms with Gasteiger partial charge >= 0.3 is 6.18 Å². The van der Waals surface area contributed by atoms with Crippen molar-refractivity contribution in [2.75, 3.05) is 7.11 Å². The van der Waals surface area contributed by atoms with Crippen molar-refractivity contribution in [3.05, 3.63) is 35.9 Å². The molecule has 0 saturated carbocycles. The van der Waals surface area contributed by atoms with E-state index in [-0.39, 0.29) is 11.8 Å². The van der Waals surface area contributed by atoms with Crippen molar-refractivity contribution in [2.45, 2.75) is 36.5 Å². The lowest BCUT2D eigenvalue weighted by Crippen LogP contribution is -2.28. The molecule has 0 fully saturated rings. The number of nitrogens with one attached hydrogen (secondary N) is 1. The number of methoxy groups -OCH3 is 1. The second kappa shape index (κ2) is 5.99. The molecule has 2 unspecified atom stereocenters. The molecule has 2 heterocycles. The normalized spacial score (nSPS) is 20.5. The molecule has 1 N–H and O–H groups in total. The Labute approximate surface area is 141 Å². The molecule has 0 radical (unpaired) electrons. The standard InChI is InChI=1S/C14H15F3N4O3S/c1-8-3-12(13-18-7-19-21(8)13)20-25(22,23)11-5-9(14(15,16)17)4-10(6-11)24-2/h4-8,12,20H,3H2,1-2H3. The van der Waals surface area contributed by atoms with Gasteiger partial charge in [0.25, 0.3) is 0 Å². The fourth-order valence-corrected chi connectivity index (χ4v) is 4.02. The number of halogens is 3. The summed E-state index contributed by atoms with van der Waals surface area (Å²) in [4.78, 5) is 3.49. The third-order valence-corrected chi connectivity index (χ3v) is 5.41. The van der Waals surface area contributed by atoms with Gasteiger partial charge in [-0.2, -0.15) is 18.3 Å². The van der Waals surface area contributed by atoms with Crippen LogP contribution in [0, 0.1) is 0 Å². The number of rotatable bonds is 4. The van der Waals surface area contributed by atoms with Gasteiger partial charge in [-0.3, -0.25) is 0 Å². The molecule has 11 heteroatoms. The van der Waals surface area contributed by atoms with Gasteiger partial charge in [0, 0.05) is 6.07 Å². The molecule has 0 spiro atoms. The minimum Gasteiger partial charge on any atom is -0.497 e. The Bertz CT molecular complexity index is 895. The number of hydrogen-bond acceptors (Lipinski definition) is 5. The zero-order valence-corrected chi connectivity index (χ0v) is 14.1. The van der Waals surface area contributed by atoms with Gasteiger partial charge in [0.15, 0.2) is 0 Å². The second-order valence-electron chi connectivity index (χ2n) is 5.72. The summed E-state index contributed by atoms with van der Waals surface area (Å²) in [5.41, 5.74) is -1.10. The highest BCUT2D eigenvalue weighted by atomic mass is 32.2. The highest BCUT2D eigenvalue weighted by molar-refractivity contribution is 7.89. The van der Waals surface area contributed by atoms with Crippen molar-refractivity contribution in [2.24, 2.45) is 0 Å². The summed E-state index contributed by atoms with van der Waals surface area (Å²) >= 11 is 0. The summed E-state index contributed by atoms with van der Waals surface area (Å²) in [6, 6.07) is 1.63. The Morgan fingerprint density at radius 2 is 2.04 bits per heavy atom. The maximum Gasteiger partial charge on any atom is 0.416 e. The molecule has 0 saturated heterocycles. The van der Waals surface area contributed by atoms with E-state index in [1.165, 1.54) is 13.4 Å². The van der Waals surface area contributed by atoms with Gasteiger partial charge in [0.05, 0.1) is 29.7 Å². The van der Waals surface area contributed by atoms with Crippen LogP contribution in [0.15, 0.2) is 29.4 Å². The van der Waals surface area contributed by atoms with E-state index in [1.54, 1.807) is 4.68 Å². The summed E-state index contributed by atoms with van der Waals surface area (Å²) in [6.45, 7) is 1.85. The lowest BCUT2D eigenvalue weighted by molar-refractivity contribution is -0.137. The van der Waals surface area contributed by atoms with Gasteiger partial charge in [-0.15, -0.1) is 0 Å². The molecule has 25 heavy (non-hydrogen) atoms. The fraction of sp³-hybridized carbons (Fsp3) is 0.429. The van der Waals surface area contributed by atoms with Gasteiger partial charge in [0.2, 0.25) is 10.0 Å². The molecule has 1 aliphatic heterocycles. The molecule has 1 aromatic carbocycles. The van der Waals surface area contributed by atoms with Crippen LogP contribution in [0.4, 0.5) is 13.2 Å². The lowest BCUT2D eigenvalue weighted by atomic mass is 10.2. The van der Waals surface area contributed by atoms with Crippen LogP contribution >= 0.6 is 0 Å². The Kier molecular flexibility index (Phi) is 4.23. The van der Waals surface area contributed by atoms with Crippen LogP contribution in [0.2, 0.25) is 0 Å². The third-order valence-electron chi connectivity index (χ3n) is 3.96. The molecular formula is C14H15F3N4O3S. The first-order valence-electron chi connectivity index (χ1n) is 7.30. The Hall–Kier alpha value is -2.14. The van der Waals surface area contributed by atoms with Crippen LogP contribution in [-0.2, 0) is 16.2 Å². The van der Waals surface area contributed by atoms with Crippen LogP contribution in [0.3, 0.4) is 0 Å². The molecule has 2 atom stereocenters. The highest BCUT2D eigenvalue weighted by Gasteiger charge is 2.36. The first-order chi connectivity index (χ1) is 11.6. The number of hydrogen-bond donors (Lipinski definition) is 1. The average Bonchev–Trinajstić information content (AvgIpc) is 3.11. The van der Waals surface area contributed by atoms with E-state index < -0.39 is 32.7 Å². The first kappa shape index (κ1) is 17.7. The van der Waals surface area contributed by atoms with Crippen molar-refractivity contribution < 1.29 is 26.3 Å². The third kappa shape index (κ3) is 3.33. The molecule has 0 aliphatic carbocycles. The highest BCUT2D eigenvalue weighted by Crippen LogP contribution is 2.36. The van der Waals surface area contributed by atoms with E-state index in [9.17, 15) is 21.6 Å². The molecule has 3 rings (SSSR count). The minimum atomic E-state index is -4.69. The fourth-order valence-electron chi connectivity index (χ4n) is 2.76. The van der Waals surface area contributed by atoms with E-state index in [2.05, 4.69) is 14.8 Å². The van der Waals surface area contributed by atoms with Gasteiger partial charge in [-0.1, -0.05) is 0 Å². The quantitative estimate of drug-likeness (QED) is 0.885. The summed E-state index contributed by atoms with van der Waals surface area (Å²) in [5, 5.41) is 4.01. The van der Waals surface area contributed by atoms with Gasteiger partial charge in [-0.05, 0) is 25.5 Å². The number of ether oxygens (including phenoxy) is 1. The van der Waals surface area contributed by atoms with E-state index in [4.69, 9.17) is 4.74 Å². The summed E-state index contributed by atoms with van der Waals surface area (Å²) < 4.78 is 72.9. The monoisotopic (exact) mass is 376 g/mol. The van der Waals surface area contributed by atoms with Crippen LogP contribution < -0.4 is 9.46 Å². The maximum atomic E-state index is 13.0. The van der Waals surface area contributed by atoms with Crippen LogP contribution in [0.25, 0.3) is 0 Å². The van der Waals surface area contributed by atoms with Crippen molar-refractivity contribution in [1.29, 1.82) is 0 Å². The number of sulfonamides is 1. The van der Waals surface area contributed by atoms with Crippen molar-refractivity contribution in [3.8, 4) is 5.75 Å². The molecular weight excluding hydrogens is 361 g/mol. The smallest absolute Gasteiger partial charge is 0.416 e. The Balaban J connectivity index is 1.96. The molecule has 0 bridgehead atoms. The number of alkyl halides is 3. The van der Waals surface area contributed by atoms with E-state index in [1.807, 2.05) is 6.92 Å². The molecule has 2 aromatic rings. The zero-order valence-electron chi connectivity index (χ0n) is 13.3. The summed E-state index contributed by atoms with van der Waals surface area (Å²) in [6.07, 6.45) is -2.98. The molecule has 7 nitrogen and oxygen atoms in total. The topological polar surface area (TPSA) is 86.1 Å². The largest absolute Gasteiger partial charge is 0.497 e. The number of nitrogens with zero attached hydrogens (tertiary/aromatic N) is 3. The maximum absolute atomic E-state index is 13.0. The van der Waals surface area contributed by atoms with Crippen LogP contribution in [0.5, 0.6) is 5.75 Å². The predicted molar refractivity (Wildman–Crippen MR) is 80.4 cm³/mol. The Morgan fingerprint density at radius 1 is 1.32 bits per heavy atom. The lowest BCUT2D eigenvalue weighted by Gasteiger charge is -2.15. The van der Waals surface area contributed by atoms with Gasteiger partial charge in [-0.25, -0.2) is 22.8 Å². The van der Waals surface area contributed by atoms with Crippen LogP contribution in [0.1, 0.15) is 36.8 Å². The van der Waals surface area contributed by atoms with Gasteiger partial charge in [0.1, 0.15) is 17.9 Å². The molecule has 1 aromatic heterocycles.